The number of carbonyl (C=O) groups is 2. The van der Waals surface area contributed by atoms with E-state index < -0.39 is 21.7 Å². The summed E-state index contributed by atoms with van der Waals surface area (Å²) in [6.07, 6.45) is -0.211. The van der Waals surface area contributed by atoms with Crippen LogP contribution in [0.4, 0.5) is 0 Å². The number of hydrogen-bond donors (Lipinski definition) is 1. The molecule has 0 spiro atoms. The molecule has 6 nitrogen and oxygen atoms in total. The van der Waals surface area contributed by atoms with Gasteiger partial charge in [0, 0.05) is 10.9 Å². The number of carbonyl (C=O) groups excluding carboxylic acids is 2. The van der Waals surface area contributed by atoms with E-state index in [4.69, 9.17) is 0 Å². The maximum atomic E-state index is 12.0. The van der Waals surface area contributed by atoms with E-state index in [0.29, 0.717) is 0 Å². The molecule has 1 N–H and O–H groups in total. The van der Waals surface area contributed by atoms with Gasteiger partial charge in [0.15, 0.2) is 9.84 Å². The molecular weight excluding hydrogens is 362 g/mol. The molecule has 0 aliphatic heterocycles. The van der Waals surface area contributed by atoms with E-state index in [-0.39, 0.29) is 30.2 Å². The highest BCUT2D eigenvalue weighted by Gasteiger charge is 2.16. The SMILES string of the molecule is CCOC(=O)CNC(=O)CCS(=O)(=O)c1ccc(Br)cc1. The Labute approximate surface area is 131 Å². The number of esters is 1. The Kier molecular flexibility index (Phi) is 6.83. The third kappa shape index (κ3) is 6.26. The molecule has 0 fully saturated rings. The van der Waals surface area contributed by atoms with Crippen molar-refractivity contribution in [3.05, 3.63) is 28.7 Å². The molecule has 1 rings (SSSR count). The Balaban J connectivity index is 2.48. The van der Waals surface area contributed by atoms with Gasteiger partial charge in [-0.05, 0) is 31.2 Å². The molecule has 21 heavy (non-hydrogen) atoms. The summed E-state index contributed by atoms with van der Waals surface area (Å²) < 4.78 is 29.4. The molecule has 8 heteroatoms. The molecular formula is C13H16BrNO5S. The van der Waals surface area contributed by atoms with Gasteiger partial charge in [-0.2, -0.15) is 0 Å². The number of rotatable bonds is 7. The molecule has 1 amide bonds. The van der Waals surface area contributed by atoms with Gasteiger partial charge in [0.2, 0.25) is 5.91 Å². The zero-order valence-electron chi connectivity index (χ0n) is 11.5. The van der Waals surface area contributed by atoms with Crippen LogP contribution < -0.4 is 5.32 Å². The lowest BCUT2D eigenvalue weighted by molar-refractivity contribution is -0.143. The van der Waals surface area contributed by atoms with E-state index in [1.54, 1.807) is 19.1 Å². The average Bonchev–Trinajstić information content (AvgIpc) is 2.44. The molecule has 0 atom stereocenters. The predicted molar refractivity (Wildman–Crippen MR) is 80.5 cm³/mol. The lowest BCUT2D eigenvalue weighted by Crippen LogP contribution is -2.31. The van der Waals surface area contributed by atoms with Gasteiger partial charge in [0.05, 0.1) is 17.3 Å². The second kappa shape index (κ2) is 8.14. The van der Waals surface area contributed by atoms with Crippen LogP contribution in [-0.2, 0) is 24.2 Å². The highest BCUT2D eigenvalue weighted by atomic mass is 79.9. The number of halogens is 1. The van der Waals surface area contributed by atoms with E-state index in [0.717, 1.165) is 4.47 Å². The predicted octanol–water partition coefficient (Wildman–Crippen LogP) is 1.29. The second-order valence-corrected chi connectivity index (χ2v) is 7.13. The minimum atomic E-state index is -3.52. The van der Waals surface area contributed by atoms with E-state index >= 15 is 0 Å². The molecule has 0 unspecified atom stereocenters. The molecule has 0 aliphatic carbocycles. The Morgan fingerprint density at radius 1 is 1.24 bits per heavy atom. The van der Waals surface area contributed by atoms with Crippen molar-refractivity contribution in [3.63, 3.8) is 0 Å². The van der Waals surface area contributed by atoms with Crippen molar-refractivity contribution in [1.29, 1.82) is 0 Å². The summed E-state index contributed by atoms with van der Waals surface area (Å²) >= 11 is 3.22. The van der Waals surface area contributed by atoms with Gasteiger partial charge in [0.1, 0.15) is 6.54 Å². The second-order valence-electron chi connectivity index (χ2n) is 4.10. The molecule has 1 aromatic rings. The van der Waals surface area contributed by atoms with Crippen molar-refractivity contribution in [1.82, 2.24) is 5.32 Å². The van der Waals surface area contributed by atoms with Gasteiger partial charge < -0.3 is 10.1 Å². The number of hydrogen-bond acceptors (Lipinski definition) is 5. The number of sulfone groups is 1. The van der Waals surface area contributed by atoms with Crippen LogP contribution in [0.2, 0.25) is 0 Å². The molecule has 0 bridgehead atoms. The molecule has 0 radical (unpaired) electrons. The fourth-order valence-electron chi connectivity index (χ4n) is 1.46. The molecule has 1 aromatic carbocycles. The first-order valence-electron chi connectivity index (χ1n) is 6.26. The van der Waals surface area contributed by atoms with Crippen LogP contribution in [0.25, 0.3) is 0 Å². The third-order valence-corrected chi connectivity index (χ3v) is 4.77. The maximum absolute atomic E-state index is 12.0. The highest BCUT2D eigenvalue weighted by Crippen LogP contribution is 2.16. The van der Waals surface area contributed by atoms with Crippen LogP contribution >= 0.6 is 15.9 Å². The van der Waals surface area contributed by atoms with Gasteiger partial charge in [0.25, 0.3) is 0 Å². The first-order chi connectivity index (χ1) is 9.85. The number of ether oxygens (including phenoxy) is 1. The molecule has 0 heterocycles. The van der Waals surface area contributed by atoms with Gasteiger partial charge in [-0.1, -0.05) is 15.9 Å². The van der Waals surface area contributed by atoms with Crippen molar-refractivity contribution in [2.45, 2.75) is 18.2 Å². The average molecular weight is 378 g/mol. The molecule has 0 aromatic heterocycles. The van der Waals surface area contributed by atoms with Gasteiger partial charge in [-0.3, -0.25) is 9.59 Å². The normalized spacial score (nSPS) is 11.0. The lowest BCUT2D eigenvalue weighted by atomic mass is 10.4. The standard InChI is InChI=1S/C13H16BrNO5S/c1-2-20-13(17)9-15-12(16)7-8-21(18,19)11-5-3-10(14)4-6-11/h3-6H,2,7-9H2,1H3,(H,15,16). The molecule has 0 saturated heterocycles. The summed E-state index contributed by atoms with van der Waals surface area (Å²) in [6.45, 7) is 1.63. The van der Waals surface area contributed by atoms with Crippen LogP contribution in [-0.4, -0.2) is 39.2 Å². The van der Waals surface area contributed by atoms with Gasteiger partial charge in [-0.15, -0.1) is 0 Å². The molecule has 0 saturated carbocycles. The van der Waals surface area contributed by atoms with Crippen LogP contribution in [0.1, 0.15) is 13.3 Å². The van der Waals surface area contributed by atoms with Crippen molar-refractivity contribution in [3.8, 4) is 0 Å². The van der Waals surface area contributed by atoms with E-state index in [9.17, 15) is 18.0 Å². The zero-order valence-corrected chi connectivity index (χ0v) is 13.9. The van der Waals surface area contributed by atoms with Crippen LogP contribution in [0.5, 0.6) is 0 Å². The Morgan fingerprint density at radius 2 is 1.86 bits per heavy atom. The van der Waals surface area contributed by atoms with Crippen LogP contribution in [0.3, 0.4) is 0 Å². The van der Waals surface area contributed by atoms with E-state index in [1.165, 1.54) is 12.1 Å². The summed E-state index contributed by atoms with van der Waals surface area (Å²) in [6, 6.07) is 6.17. The molecule has 0 aliphatic rings. The summed E-state index contributed by atoms with van der Waals surface area (Å²) in [5.41, 5.74) is 0. The number of nitrogens with one attached hydrogen (secondary N) is 1. The minimum absolute atomic E-state index is 0.156. The zero-order chi connectivity index (χ0) is 15.9. The fourth-order valence-corrected chi connectivity index (χ4v) is 2.96. The first-order valence-corrected chi connectivity index (χ1v) is 8.70. The Hall–Kier alpha value is -1.41. The monoisotopic (exact) mass is 377 g/mol. The van der Waals surface area contributed by atoms with E-state index in [2.05, 4.69) is 26.0 Å². The van der Waals surface area contributed by atoms with Gasteiger partial charge in [-0.25, -0.2) is 8.42 Å². The summed E-state index contributed by atoms with van der Waals surface area (Å²) in [4.78, 5) is 22.7. The van der Waals surface area contributed by atoms with Crippen molar-refractivity contribution in [2.24, 2.45) is 0 Å². The smallest absolute Gasteiger partial charge is 0.325 e. The van der Waals surface area contributed by atoms with Gasteiger partial charge >= 0.3 is 5.97 Å². The topological polar surface area (TPSA) is 89.5 Å². The van der Waals surface area contributed by atoms with Crippen LogP contribution in [0.15, 0.2) is 33.6 Å². The van der Waals surface area contributed by atoms with Crippen molar-refractivity contribution >= 4 is 37.6 Å². The fraction of sp³-hybridized carbons (Fsp3) is 0.385. The van der Waals surface area contributed by atoms with Crippen molar-refractivity contribution in [2.75, 3.05) is 18.9 Å². The summed E-state index contributed by atoms with van der Waals surface area (Å²) in [5.74, 6) is -1.38. The number of benzene rings is 1. The maximum Gasteiger partial charge on any atom is 0.325 e. The summed E-state index contributed by atoms with van der Waals surface area (Å²) in [7, 11) is -3.52. The number of amides is 1. The third-order valence-electron chi connectivity index (χ3n) is 2.51. The molecule has 116 valence electrons. The Morgan fingerprint density at radius 3 is 2.43 bits per heavy atom. The highest BCUT2D eigenvalue weighted by molar-refractivity contribution is 9.10. The first kappa shape index (κ1) is 17.6. The minimum Gasteiger partial charge on any atom is -0.465 e. The lowest BCUT2D eigenvalue weighted by Gasteiger charge is -2.06. The summed E-state index contributed by atoms with van der Waals surface area (Å²) in [5, 5.41) is 2.31. The van der Waals surface area contributed by atoms with E-state index in [1.807, 2.05) is 0 Å². The van der Waals surface area contributed by atoms with Crippen molar-refractivity contribution < 1.29 is 22.7 Å². The Bertz CT molecular complexity index is 597. The van der Waals surface area contributed by atoms with Crippen LogP contribution in [0, 0.1) is 0 Å². The largest absolute Gasteiger partial charge is 0.465 e. The quantitative estimate of drug-likeness (QED) is 0.723.